The Balaban J connectivity index is 1.81. The first kappa shape index (κ1) is 17.7. The summed E-state index contributed by atoms with van der Waals surface area (Å²) in [7, 11) is 3.56. The van der Waals surface area contributed by atoms with Crippen LogP contribution >= 0.6 is 0 Å². The molecule has 0 aliphatic heterocycles. The molecule has 5 nitrogen and oxygen atoms in total. The summed E-state index contributed by atoms with van der Waals surface area (Å²) in [5.74, 6) is 1.53. The van der Waals surface area contributed by atoms with E-state index in [0.29, 0.717) is 0 Å². The van der Waals surface area contributed by atoms with Gasteiger partial charge in [0, 0.05) is 19.4 Å². The highest BCUT2D eigenvalue weighted by Crippen LogP contribution is 2.22. The maximum atomic E-state index is 12.7. The number of nitrogens with one attached hydrogen (secondary N) is 1. The maximum Gasteiger partial charge on any atom is 0.225 e. The Kier molecular flexibility index (Phi) is 5.37. The van der Waals surface area contributed by atoms with E-state index in [2.05, 4.69) is 10.3 Å². The molecule has 5 heteroatoms. The van der Waals surface area contributed by atoms with E-state index in [0.717, 1.165) is 28.3 Å². The van der Waals surface area contributed by atoms with Gasteiger partial charge < -0.3 is 14.6 Å². The first-order chi connectivity index (χ1) is 12.6. The molecule has 0 saturated carbocycles. The molecule has 1 heterocycles. The van der Waals surface area contributed by atoms with Crippen molar-refractivity contribution >= 4 is 5.91 Å². The zero-order chi connectivity index (χ0) is 18.5. The van der Waals surface area contributed by atoms with E-state index in [1.54, 1.807) is 13.3 Å². The van der Waals surface area contributed by atoms with Crippen molar-refractivity contribution in [3.63, 3.8) is 0 Å². The van der Waals surface area contributed by atoms with E-state index in [1.165, 1.54) is 0 Å². The number of imidazole rings is 1. The molecule has 0 saturated heterocycles. The Labute approximate surface area is 153 Å². The number of aryl methyl sites for hydroxylation is 2. The number of benzene rings is 2. The van der Waals surface area contributed by atoms with Gasteiger partial charge in [-0.3, -0.25) is 4.79 Å². The Hall–Kier alpha value is -3.08. The third-order valence-corrected chi connectivity index (χ3v) is 4.39. The number of aromatic nitrogens is 2. The average Bonchev–Trinajstić information content (AvgIpc) is 3.07. The lowest BCUT2D eigenvalue weighted by molar-refractivity contribution is -0.121. The van der Waals surface area contributed by atoms with Crippen LogP contribution in [-0.4, -0.2) is 22.6 Å². The van der Waals surface area contributed by atoms with E-state index >= 15 is 0 Å². The van der Waals surface area contributed by atoms with E-state index in [4.69, 9.17) is 4.74 Å². The van der Waals surface area contributed by atoms with Crippen LogP contribution in [0.3, 0.4) is 0 Å². The molecule has 0 aliphatic carbocycles. The lowest BCUT2D eigenvalue weighted by Gasteiger charge is -2.19. The van der Waals surface area contributed by atoms with E-state index in [9.17, 15) is 4.79 Å². The summed E-state index contributed by atoms with van der Waals surface area (Å²) < 4.78 is 7.27. The van der Waals surface area contributed by atoms with Gasteiger partial charge in [-0.15, -0.1) is 0 Å². The quantitative estimate of drug-likeness (QED) is 0.744. The molecular weight excluding hydrogens is 326 g/mol. The highest BCUT2D eigenvalue weighted by atomic mass is 16.5. The third-order valence-electron chi connectivity index (χ3n) is 4.39. The van der Waals surface area contributed by atoms with Crippen LogP contribution in [-0.2, 0) is 18.3 Å². The first-order valence-corrected chi connectivity index (χ1v) is 8.53. The fourth-order valence-electron chi connectivity index (χ4n) is 2.97. The van der Waals surface area contributed by atoms with Crippen LogP contribution in [0.4, 0.5) is 0 Å². The maximum absolute atomic E-state index is 12.7. The fraction of sp³-hybridized carbons (Fsp3) is 0.238. The molecule has 1 aromatic heterocycles. The van der Waals surface area contributed by atoms with Crippen molar-refractivity contribution in [3.05, 3.63) is 83.4 Å². The van der Waals surface area contributed by atoms with Gasteiger partial charge in [0.25, 0.3) is 0 Å². The van der Waals surface area contributed by atoms with Crippen LogP contribution < -0.4 is 10.1 Å². The number of hydrogen-bond acceptors (Lipinski definition) is 3. The molecule has 0 radical (unpaired) electrons. The molecule has 1 amide bonds. The van der Waals surface area contributed by atoms with Crippen LogP contribution in [0.2, 0.25) is 0 Å². The monoisotopic (exact) mass is 349 g/mol. The molecule has 0 fully saturated rings. The Morgan fingerprint density at radius 2 is 2.00 bits per heavy atom. The van der Waals surface area contributed by atoms with Crippen LogP contribution in [0.5, 0.6) is 5.75 Å². The Morgan fingerprint density at radius 1 is 1.23 bits per heavy atom. The van der Waals surface area contributed by atoms with Crippen molar-refractivity contribution < 1.29 is 9.53 Å². The molecule has 2 aromatic carbocycles. The second-order valence-electron chi connectivity index (χ2n) is 6.29. The highest BCUT2D eigenvalue weighted by Gasteiger charge is 2.20. The Morgan fingerprint density at radius 3 is 2.65 bits per heavy atom. The van der Waals surface area contributed by atoms with Crippen LogP contribution in [0, 0.1) is 6.92 Å². The predicted molar refractivity (Wildman–Crippen MR) is 101 cm³/mol. The highest BCUT2D eigenvalue weighted by molar-refractivity contribution is 5.79. The van der Waals surface area contributed by atoms with Crippen molar-refractivity contribution in [3.8, 4) is 5.75 Å². The van der Waals surface area contributed by atoms with Gasteiger partial charge in [0.15, 0.2) is 0 Å². The molecule has 1 atom stereocenters. The average molecular weight is 349 g/mol. The van der Waals surface area contributed by atoms with Crippen molar-refractivity contribution in [2.24, 2.45) is 7.05 Å². The van der Waals surface area contributed by atoms with Crippen LogP contribution in [0.25, 0.3) is 0 Å². The summed E-state index contributed by atoms with van der Waals surface area (Å²) in [4.78, 5) is 17.1. The molecular formula is C21H23N3O2. The third kappa shape index (κ3) is 3.94. The van der Waals surface area contributed by atoms with Gasteiger partial charge in [0.05, 0.1) is 13.5 Å². The predicted octanol–water partition coefficient (Wildman–Crippen LogP) is 3.19. The topological polar surface area (TPSA) is 56.1 Å². The smallest absolute Gasteiger partial charge is 0.225 e. The summed E-state index contributed by atoms with van der Waals surface area (Å²) in [6.07, 6.45) is 3.90. The second kappa shape index (κ2) is 7.87. The van der Waals surface area contributed by atoms with Crippen molar-refractivity contribution in [2.75, 3.05) is 7.11 Å². The largest absolute Gasteiger partial charge is 0.496 e. The summed E-state index contributed by atoms with van der Waals surface area (Å²) in [6.45, 7) is 1.98. The molecule has 0 spiro atoms. The van der Waals surface area contributed by atoms with Gasteiger partial charge in [-0.05, 0) is 29.7 Å². The lowest BCUT2D eigenvalue weighted by atomic mass is 10.0. The van der Waals surface area contributed by atoms with Crippen molar-refractivity contribution in [1.29, 1.82) is 0 Å². The van der Waals surface area contributed by atoms with Crippen LogP contribution in [0.1, 0.15) is 28.6 Å². The minimum absolute atomic E-state index is 0.0623. The zero-order valence-electron chi connectivity index (χ0n) is 15.3. The Bertz CT molecular complexity index is 887. The number of carbonyl (C=O) groups excluding carboxylic acids is 1. The minimum atomic E-state index is -0.295. The number of methoxy groups -OCH3 is 1. The van der Waals surface area contributed by atoms with E-state index in [1.807, 2.05) is 73.3 Å². The number of ether oxygens (including phenoxy) is 1. The van der Waals surface area contributed by atoms with Crippen LogP contribution in [0.15, 0.2) is 60.9 Å². The van der Waals surface area contributed by atoms with Gasteiger partial charge in [-0.1, -0.05) is 42.5 Å². The van der Waals surface area contributed by atoms with Crippen molar-refractivity contribution in [1.82, 2.24) is 14.9 Å². The van der Waals surface area contributed by atoms with Gasteiger partial charge in [-0.25, -0.2) is 4.98 Å². The zero-order valence-corrected chi connectivity index (χ0v) is 15.3. The van der Waals surface area contributed by atoms with Gasteiger partial charge >= 0.3 is 0 Å². The summed E-state index contributed by atoms with van der Waals surface area (Å²) in [5.41, 5.74) is 2.96. The standard InChI is InChI=1S/C21H23N3O2/c1-15-9-10-16(13-18(15)26-3)14-19(25)23-20(17-7-5-4-6-8-17)21-22-11-12-24(21)2/h4-13,20H,14H2,1-3H3,(H,23,25). The number of rotatable bonds is 6. The van der Waals surface area contributed by atoms with E-state index < -0.39 is 0 Å². The molecule has 3 rings (SSSR count). The number of nitrogens with zero attached hydrogens (tertiary/aromatic N) is 2. The number of carbonyl (C=O) groups is 1. The first-order valence-electron chi connectivity index (χ1n) is 8.53. The van der Waals surface area contributed by atoms with Crippen molar-refractivity contribution in [2.45, 2.75) is 19.4 Å². The minimum Gasteiger partial charge on any atom is -0.496 e. The fourth-order valence-corrected chi connectivity index (χ4v) is 2.97. The lowest BCUT2D eigenvalue weighted by Crippen LogP contribution is -2.32. The summed E-state index contributed by atoms with van der Waals surface area (Å²) >= 11 is 0. The van der Waals surface area contributed by atoms with Gasteiger partial charge in [0.1, 0.15) is 17.6 Å². The number of amides is 1. The molecule has 1 N–H and O–H groups in total. The molecule has 0 bridgehead atoms. The summed E-state index contributed by atoms with van der Waals surface area (Å²) in [5, 5.41) is 3.11. The number of hydrogen-bond donors (Lipinski definition) is 1. The van der Waals surface area contributed by atoms with E-state index in [-0.39, 0.29) is 18.4 Å². The molecule has 0 aliphatic rings. The molecule has 1 unspecified atom stereocenters. The SMILES string of the molecule is COc1cc(CC(=O)NC(c2ccccc2)c2nccn2C)ccc1C. The van der Waals surface area contributed by atoms with Gasteiger partial charge in [-0.2, -0.15) is 0 Å². The molecule has 26 heavy (non-hydrogen) atoms. The normalized spacial score (nSPS) is 11.8. The second-order valence-corrected chi connectivity index (χ2v) is 6.29. The molecule has 134 valence electrons. The summed E-state index contributed by atoms with van der Waals surface area (Å²) in [6, 6.07) is 15.4. The molecule has 3 aromatic rings. The van der Waals surface area contributed by atoms with Gasteiger partial charge in [0.2, 0.25) is 5.91 Å².